The second kappa shape index (κ2) is 6.53. The SMILES string of the molecule is NC(=S)N(CC(=O)O)CS(=O)(=O)[O-].[Na+]. The number of thiocarbonyl (C=S) groups is 1. The summed E-state index contributed by atoms with van der Waals surface area (Å²) in [6.07, 6.45) is 0. The molecule has 0 aliphatic carbocycles. The van der Waals surface area contributed by atoms with Crippen molar-refractivity contribution < 1.29 is 52.4 Å². The van der Waals surface area contributed by atoms with Crippen LogP contribution >= 0.6 is 12.2 Å². The van der Waals surface area contributed by atoms with E-state index in [-0.39, 0.29) is 29.6 Å². The van der Waals surface area contributed by atoms with Crippen LogP contribution in [0.5, 0.6) is 0 Å². The quantitative estimate of drug-likeness (QED) is 0.289. The van der Waals surface area contributed by atoms with Gasteiger partial charge >= 0.3 is 35.5 Å². The Labute approximate surface area is 108 Å². The topological polar surface area (TPSA) is 124 Å². The van der Waals surface area contributed by atoms with Gasteiger partial charge in [-0.3, -0.25) is 4.79 Å². The van der Waals surface area contributed by atoms with Crippen LogP contribution in [0.4, 0.5) is 0 Å². The first-order valence-corrected chi connectivity index (χ1v) is 4.90. The van der Waals surface area contributed by atoms with Crippen LogP contribution in [0.3, 0.4) is 0 Å². The molecular formula is C4H7N2NaO5S2. The van der Waals surface area contributed by atoms with E-state index in [1.807, 2.05) is 0 Å². The second-order valence-electron chi connectivity index (χ2n) is 2.12. The van der Waals surface area contributed by atoms with Gasteiger partial charge in [0.1, 0.15) is 22.5 Å². The van der Waals surface area contributed by atoms with Crippen LogP contribution < -0.4 is 35.3 Å². The van der Waals surface area contributed by atoms with Gasteiger partial charge < -0.3 is 20.3 Å². The number of rotatable bonds is 4. The molecule has 0 saturated carbocycles. The number of carboxylic acid groups (broad SMARTS) is 1. The van der Waals surface area contributed by atoms with Gasteiger partial charge in [0.25, 0.3) is 0 Å². The third-order valence-electron chi connectivity index (χ3n) is 0.952. The van der Waals surface area contributed by atoms with Gasteiger partial charge in [0.05, 0.1) is 0 Å². The average molecular weight is 250 g/mol. The summed E-state index contributed by atoms with van der Waals surface area (Å²) >= 11 is 4.34. The number of hydrogen-bond donors (Lipinski definition) is 2. The minimum atomic E-state index is -4.57. The zero-order valence-electron chi connectivity index (χ0n) is 7.34. The summed E-state index contributed by atoms with van der Waals surface area (Å²) in [7, 11) is -4.57. The molecule has 0 unspecified atom stereocenters. The van der Waals surface area contributed by atoms with E-state index < -0.39 is 33.6 Å². The molecule has 0 aliphatic heterocycles. The molecule has 0 rings (SSSR count). The van der Waals surface area contributed by atoms with E-state index in [2.05, 4.69) is 12.2 Å². The van der Waals surface area contributed by atoms with Crippen molar-refractivity contribution in [2.45, 2.75) is 0 Å². The average Bonchev–Trinajstić information content (AvgIpc) is 1.81. The van der Waals surface area contributed by atoms with Crippen molar-refractivity contribution in [3.05, 3.63) is 0 Å². The van der Waals surface area contributed by atoms with E-state index in [4.69, 9.17) is 10.8 Å². The van der Waals surface area contributed by atoms with Gasteiger partial charge in [0.15, 0.2) is 5.11 Å². The molecule has 7 nitrogen and oxygen atoms in total. The Bertz CT molecular complexity index is 316. The molecule has 0 spiro atoms. The fraction of sp³-hybridized carbons (Fsp3) is 0.500. The van der Waals surface area contributed by atoms with Crippen molar-refractivity contribution in [3.63, 3.8) is 0 Å². The van der Waals surface area contributed by atoms with Gasteiger partial charge in [-0.2, -0.15) is 0 Å². The zero-order valence-corrected chi connectivity index (χ0v) is 11.0. The van der Waals surface area contributed by atoms with E-state index in [0.717, 1.165) is 0 Å². The summed E-state index contributed by atoms with van der Waals surface area (Å²) in [5.41, 5.74) is 4.98. The monoisotopic (exact) mass is 250 g/mol. The Hall–Kier alpha value is 0.0700. The molecule has 3 N–H and O–H groups in total. The molecule has 14 heavy (non-hydrogen) atoms. The van der Waals surface area contributed by atoms with Crippen LogP contribution in [0.2, 0.25) is 0 Å². The van der Waals surface area contributed by atoms with E-state index in [0.29, 0.717) is 4.90 Å². The predicted octanol–water partition coefficient (Wildman–Crippen LogP) is -4.88. The standard InChI is InChI=1S/C4H8N2O5S2.Na/c5-4(12)6(1-3(7)8)2-13(9,10)11;/h1-2H2,(H2,5,12)(H,7,8)(H,9,10,11);/q;+1/p-1. The maximum atomic E-state index is 10.2. The molecule has 0 saturated heterocycles. The summed E-state index contributed by atoms with van der Waals surface area (Å²) in [6.45, 7) is -0.712. The van der Waals surface area contributed by atoms with Crippen LogP contribution in [0.1, 0.15) is 0 Å². The molecule has 76 valence electrons. The Morgan fingerprint density at radius 3 is 2.21 bits per heavy atom. The summed E-state index contributed by atoms with van der Waals surface area (Å²) in [4.78, 5) is 10.7. The number of nitrogens with zero attached hydrogens (tertiary/aromatic N) is 1. The van der Waals surface area contributed by atoms with Gasteiger partial charge in [0.2, 0.25) is 0 Å². The minimum absolute atomic E-state index is 0. The van der Waals surface area contributed by atoms with Crippen molar-refractivity contribution in [1.82, 2.24) is 4.90 Å². The van der Waals surface area contributed by atoms with E-state index in [9.17, 15) is 17.8 Å². The fourth-order valence-electron chi connectivity index (χ4n) is 0.541. The van der Waals surface area contributed by atoms with Crippen LogP contribution in [-0.2, 0) is 14.9 Å². The largest absolute Gasteiger partial charge is 1.00 e. The third kappa shape index (κ3) is 8.66. The summed E-state index contributed by atoms with van der Waals surface area (Å²) in [5, 5.41) is 7.83. The molecule has 0 bridgehead atoms. The molecule has 10 heteroatoms. The van der Waals surface area contributed by atoms with Gasteiger partial charge in [-0.1, -0.05) is 0 Å². The molecule has 0 atom stereocenters. The van der Waals surface area contributed by atoms with E-state index >= 15 is 0 Å². The number of nitrogens with two attached hydrogens (primary N) is 1. The first-order chi connectivity index (χ1) is 5.72. The van der Waals surface area contributed by atoms with Gasteiger partial charge in [-0.15, -0.1) is 0 Å². The maximum absolute atomic E-state index is 10.2. The van der Waals surface area contributed by atoms with Crippen molar-refractivity contribution in [1.29, 1.82) is 0 Å². The number of hydrogen-bond acceptors (Lipinski definition) is 5. The minimum Gasteiger partial charge on any atom is -0.747 e. The Kier molecular flexibility index (Phi) is 7.70. The third-order valence-corrected chi connectivity index (χ3v) is 1.84. The molecule has 0 aromatic heterocycles. The molecular weight excluding hydrogens is 243 g/mol. The van der Waals surface area contributed by atoms with Gasteiger partial charge in [0, 0.05) is 0 Å². The van der Waals surface area contributed by atoms with Crippen LogP contribution in [0, 0.1) is 0 Å². The Morgan fingerprint density at radius 2 is 2.00 bits per heavy atom. The van der Waals surface area contributed by atoms with Crippen LogP contribution in [0.15, 0.2) is 0 Å². The number of carboxylic acids is 1. The van der Waals surface area contributed by atoms with Crippen molar-refractivity contribution in [2.24, 2.45) is 5.73 Å². The summed E-state index contributed by atoms with van der Waals surface area (Å²) < 4.78 is 30.7. The Balaban J connectivity index is 0. The maximum Gasteiger partial charge on any atom is 1.00 e. The molecule has 0 aromatic carbocycles. The van der Waals surface area contributed by atoms with Crippen molar-refractivity contribution >= 4 is 33.4 Å². The summed E-state index contributed by atoms with van der Waals surface area (Å²) in [5.74, 6) is -2.36. The number of carbonyl (C=O) groups is 1. The van der Waals surface area contributed by atoms with Crippen molar-refractivity contribution in [2.75, 3.05) is 12.4 Å². The normalized spacial score (nSPS) is 10.1. The van der Waals surface area contributed by atoms with Gasteiger partial charge in [-0.25, -0.2) is 8.42 Å². The first kappa shape index (κ1) is 16.5. The molecule has 0 aliphatic rings. The molecule has 0 aromatic rings. The molecule has 0 fully saturated rings. The van der Waals surface area contributed by atoms with E-state index in [1.54, 1.807) is 0 Å². The summed E-state index contributed by atoms with van der Waals surface area (Å²) in [6, 6.07) is 0. The van der Waals surface area contributed by atoms with Gasteiger partial charge in [-0.05, 0) is 12.2 Å². The predicted molar refractivity (Wildman–Crippen MR) is 45.7 cm³/mol. The van der Waals surface area contributed by atoms with Crippen LogP contribution in [-0.4, -0.2) is 46.5 Å². The Morgan fingerprint density at radius 1 is 1.57 bits per heavy atom. The number of aliphatic carboxylic acids is 1. The first-order valence-electron chi connectivity index (χ1n) is 2.92. The molecule has 0 amide bonds. The smallest absolute Gasteiger partial charge is 0.747 e. The second-order valence-corrected chi connectivity index (χ2v) is 3.91. The van der Waals surface area contributed by atoms with Crippen molar-refractivity contribution in [3.8, 4) is 0 Å². The van der Waals surface area contributed by atoms with E-state index in [1.165, 1.54) is 0 Å². The fourth-order valence-corrected chi connectivity index (χ4v) is 1.36. The molecule has 0 heterocycles. The molecule has 0 radical (unpaired) electrons. The van der Waals surface area contributed by atoms with Crippen LogP contribution in [0.25, 0.3) is 0 Å². The zero-order chi connectivity index (χ0) is 10.6.